The average molecular weight is 339 g/mol. The molecule has 2 nitrogen and oxygen atoms in total. The summed E-state index contributed by atoms with van der Waals surface area (Å²) >= 11 is 5.38. The van der Waals surface area contributed by atoms with Crippen molar-refractivity contribution in [2.24, 2.45) is 5.92 Å². The van der Waals surface area contributed by atoms with Crippen molar-refractivity contribution in [1.29, 1.82) is 0 Å². The summed E-state index contributed by atoms with van der Waals surface area (Å²) in [5.74, 6) is 0.685. The third kappa shape index (κ3) is 2.58. The van der Waals surface area contributed by atoms with Crippen molar-refractivity contribution in [2.45, 2.75) is 32.1 Å². The number of hydrogen-bond acceptors (Lipinski definition) is 3. The lowest BCUT2D eigenvalue weighted by molar-refractivity contribution is 0.251. The highest BCUT2D eigenvalue weighted by molar-refractivity contribution is 9.10. The summed E-state index contributed by atoms with van der Waals surface area (Å²) in [5.41, 5.74) is 1.28. The van der Waals surface area contributed by atoms with Gasteiger partial charge in [-0.25, -0.2) is 4.98 Å². The van der Waals surface area contributed by atoms with Crippen LogP contribution in [0.5, 0.6) is 0 Å². The standard InChI is InChI=1S/C15H19BrN2S/c1-15(2,10-4-3-7-17-9-10)14-18-12-6-5-11(16)8-13(12)19-14/h5-6,8,10,17H,3-4,7,9H2,1-2H3. The Bertz CT molecular complexity index is 585. The van der Waals surface area contributed by atoms with Crippen LogP contribution < -0.4 is 5.32 Å². The summed E-state index contributed by atoms with van der Waals surface area (Å²) in [6.45, 7) is 6.97. The molecule has 1 aliphatic heterocycles. The molecule has 1 saturated heterocycles. The van der Waals surface area contributed by atoms with Crippen molar-refractivity contribution in [3.63, 3.8) is 0 Å². The van der Waals surface area contributed by atoms with Crippen molar-refractivity contribution >= 4 is 37.5 Å². The van der Waals surface area contributed by atoms with E-state index in [1.807, 2.05) is 11.3 Å². The summed E-state index contributed by atoms with van der Waals surface area (Å²) in [5, 5.41) is 4.80. The van der Waals surface area contributed by atoms with Gasteiger partial charge in [-0.2, -0.15) is 0 Å². The molecule has 1 aliphatic rings. The molecule has 1 fully saturated rings. The van der Waals surface area contributed by atoms with E-state index in [1.165, 1.54) is 29.1 Å². The molecule has 0 amide bonds. The van der Waals surface area contributed by atoms with Crippen molar-refractivity contribution < 1.29 is 0 Å². The van der Waals surface area contributed by atoms with Crippen LogP contribution in [0.3, 0.4) is 0 Å². The highest BCUT2D eigenvalue weighted by Crippen LogP contribution is 2.39. The van der Waals surface area contributed by atoms with E-state index in [0.717, 1.165) is 16.5 Å². The van der Waals surface area contributed by atoms with E-state index in [9.17, 15) is 0 Å². The van der Waals surface area contributed by atoms with Gasteiger partial charge in [0, 0.05) is 9.89 Å². The maximum absolute atomic E-state index is 4.87. The molecule has 1 unspecified atom stereocenters. The lowest BCUT2D eigenvalue weighted by Gasteiger charge is -2.35. The molecule has 0 saturated carbocycles. The van der Waals surface area contributed by atoms with Gasteiger partial charge in [0.1, 0.15) is 0 Å². The molecule has 3 rings (SSSR count). The van der Waals surface area contributed by atoms with Crippen molar-refractivity contribution in [2.75, 3.05) is 13.1 Å². The van der Waals surface area contributed by atoms with Crippen molar-refractivity contribution in [3.05, 3.63) is 27.7 Å². The van der Waals surface area contributed by atoms with Crippen molar-refractivity contribution in [1.82, 2.24) is 10.3 Å². The molecule has 4 heteroatoms. The number of halogens is 1. The van der Waals surface area contributed by atoms with Gasteiger partial charge in [-0.3, -0.25) is 0 Å². The van der Waals surface area contributed by atoms with E-state index in [2.05, 4.69) is 53.3 Å². The molecule has 102 valence electrons. The van der Waals surface area contributed by atoms with Gasteiger partial charge in [-0.1, -0.05) is 29.8 Å². The first-order valence-corrected chi connectivity index (χ1v) is 8.45. The van der Waals surface area contributed by atoms with Gasteiger partial charge in [-0.05, 0) is 50.0 Å². The number of aromatic nitrogens is 1. The second-order valence-corrected chi connectivity index (χ2v) is 7.84. The second-order valence-electron chi connectivity index (χ2n) is 5.90. The average Bonchev–Trinajstić information content (AvgIpc) is 2.83. The second kappa shape index (κ2) is 5.15. The predicted octanol–water partition coefficient (Wildman–Crippen LogP) is 4.34. The van der Waals surface area contributed by atoms with Crippen LogP contribution in [0, 0.1) is 5.92 Å². The third-order valence-electron chi connectivity index (χ3n) is 4.22. The normalized spacial score (nSPS) is 20.9. The summed E-state index contributed by atoms with van der Waals surface area (Å²) in [7, 11) is 0. The summed E-state index contributed by atoms with van der Waals surface area (Å²) in [4.78, 5) is 4.87. The highest BCUT2D eigenvalue weighted by atomic mass is 79.9. The number of rotatable bonds is 2. The van der Waals surface area contributed by atoms with Crippen LogP contribution >= 0.6 is 27.3 Å². The van der Waals surface area contributed by atoms with Gasteiger partial charge in [0.15, 0.2) is 0 Å². The van der Waals surface area contributed by atoms with Gasteiger partial charge < -0.3 is 5.32 Å². The maximum Gasteiger partial charge on any atom is 0.0998 e. The quantitative estimate of drug-likeness (QED) is 0.881. The number of thiazole rings is 1. The Hall–Kier alpha value is -0.450. The van der Waals surface area contributed by atoms with Gasteiger partial charge in [0.25, 0.3) is 0 Å². The van der Waals surface area contributed by atoms with E-state index in [-0.39, 0.29) is 5.41 Å². The van der Waals surface area contributed by atoms with Crippen LogP contribution in [0.25, 0.3) is 10.2 Å². The zero-order valence-electron chi connectivity index (χ0n) is 11.4. The van der Waals surface area contributed by atoms with Crippen LogP contribution in [-0.4, -0.2) is 18.1 Å². The first kappa shape index (κ1) is 13.5. The number of nitrogens with one attached hydrogen (secondary N) is 1. The first-order chi connectivity index (χ1) is 9.07. The molecular formula is C15H19BrN2S. The monoisotopic (exact) mass is 338 g/mol. The molecule has 0 bridgehead atoms. The smallest absolute Gasteiger partial charge is 0.0998 e. The SMILES string of the molecule is CC(C)(c1nc2ccc(Br)cc2s1)C1CCCNC1. The fraction of sp³-hybridized carbons (Fsp3) is 0.533. The predicted molar refractivity (Wildman–Crippen MR) is 85.9 cm³/mol. The molecule has 1 aromatic carbocycles. The largest absolute Gasteiger partial charge is 0.316 e. The minimum atomic E-state index is 0.156. The molecular weight excluding hydrogens is 320 g/mol. The van der Waals surface area contributed by atoms with Crippen LogP contribution in [0.15, 0.2) is 22.7 Å². The van der Waals surface area contributed by atoms with E-state index in [0.29, 0.717) is 5.92 Å². The molecule has 0 radical (unpaired) electrons. The molecule has 1 atom stereocenters. The van der Waals surface area contributed by atoms with E-state index >= 15 is 0 Å². The molecule has 2 aromatic rings. The van der Waals surface area contributed by atoms with Gasteiger partial charge in [0.05, 0.1) is 15.2 Å². The molecule has 1 N–H and O–H groups in total. The summed E-state index contributed by atoms with van der Waals surface area (Å²) in [6, 6.07) is 6.35. The minimum Gasteiger partial charge on any atom is -0.316 e. The van der Waals surface area contributed by atoms with Gasteiger partial charge in [0.2, 0.25) is 0 Å². The van der Waals surface area contributed by atoms with Crippen LogP contribution in [0.4, 0.5) is 0 Å². The zero-order chi connectivity index (χ0) is 13.5. The maximum atomic E-state index is 4.87. The molecule has 1 aromatic heterocycles. The van der Waals surface area contributed by atoms with Crippen molar-refractivity contribution in [3.8, 4) is 0 Å². The zero-order valence-corrected chi connectivity index (χ0v) is 13.8. The van der Waals surface area contributed by atoms with Gasteiger partial charge >= 0.3 is 0 Å². The van der Waals surface area contributed by atoms with E-state index in [1.54, 1.807) is 0 Å². The lowest BCUT2D eigenvalue weighted by atomic mass is 9.75. The number of piperidine rings is 1. The topological polar surface area (TPSA) is 24.9 Å². The number of hydrogen-bond donors (Lipinski definition) is 1. The van der Waals surface area contributed by atoms with Crippen LogP contribution in [0.2, 0.25) is 0 Å². The molecule has 2 heterocycles. The molecule has 0 spiro atoms. The molecule has 0 aliphatic carbocycles. The van der Waals surface area contributed by atoms with Crippen LogP contribution in [-0.2, 0) is 5.41 Å². The lowest BCUT2D eigenvalue weighted by Crippen LogP contribution is -2.40. The fourth-order valence-electron chi connectivity index (χ4n) is 2.82. The van der Waals surface area contributed by atoms with Crippen LogP contribution in [0.1, 0.15) is 31.7 Å². The fourth-order valence-corrected chi connectivity index (χ4v) is 4.52. The number of benzene rings is 1. The van der Waals surface area contributed by atoms with E-state index < -0.39 is 0 Å². The van der Waals surface area contributed by atoms with E-state index in [4.69, 9.17) is 4.98 Å². The first-order valence-electron chi connectivity index (χ1n) is 6.84. The Morgan fingerprint density at radius 1 is 1.42 bits per heavy atom. The Balaban J connectivity index is 1.97. The Kier molecular flexibility index (Phi) is 3.67. The third-order valence-corrected chi connectivity index (χ3v) is 6.07. The highest BCUT2D eigenvalue weighted by Gasteiger charge is 2.34. The Labute approximate surface area is 126 Å². The van der Waals surface area contributed by atoms with Gasteiger partial charge in [-0.15, -0.1) is 11.3 Å². The summed E-state index contributed by atoms with van der Waals surface area (Å²) in [6.07, 6.45) is 2.59. The minimum absolute atomic E-state index is 0.156. The summed E-state index contributed by atoms with van der Waals surface area (Å²) < 4.78 is 2.41. The number of nitrogens with zero attached hydrogens (tertiary/aromatic N) is 1. The Morgan fingerprint density at radius 3 is 3.00 bits per heavy atom. The molecule has 19 heavy (non-hydrogen) atoms. The Morgan fingerprint density at radius 2 is 2.26 bits per heavy atom. The number of fused-ring (bicyclic) bond motifs is 1.